The zero-order valence-corrected chi connectivity index (χ0v) is 26.2. The number of sulfonamides is 1. The third-order valence-corrected chi connectivity index (χ3v) is 10.6. The quantitative estimate of drug-likeness (QED) is 0.290. The number of carbonyl (C=O) groups is 1. The summed E-state index contributed by atoms with van der Waals surface area (Å²) in [5.41, 5.74) is 1.71. The molecule has 1 amide bonds. The van der Waals surface area contributed by atoms with E-state index in [9.17, 15) is 13.2 Å². The zero-order chi connectivity index (χ0) is 30.1. The van der Waals surface area contributed by atoms with Crippen molar-refractivity contribution in [1.29, 1.82) is 0 Å². The van der Waals surface area contributed by atoms with E-state index in [1.54, 1.807) is 24.3 Å². The van der Waals surface area contributed by atoms with Crippen molar-refractivity contribution < 1.29 is 17.9 Å². The fraction of sp³-hybridized carbons (Fsp3) is 0.433. The van der Waals surface area contributed by atoms with Crippen LogP contribution in [0.4, 0.5) is 23.0 Å². The maximum absolute atomic E-state index is 13.7. The maximum atomic E-state index is 13.7. The molecule has 13 heteroatoms. The van der Waals surface area contributed by atoms with Gasteiger partial charge in [-0.15, -0.1) is 0 Å². The predicted molar refractivity (Wildman–Crippen MR) is 168 cm³/mol. The number of hydrogen-bond acceptors (Lipinski definition) is 8. The largest absolute Gasteiger partial charge is 0.455 e. The molecule has 1 aromatic heterocycles. The minimum atomic E-state index is -3.79. The summed E-state index contributed by atoms with van der Waals surface area (Å²) in [6.45, 7) is 3.70. The van der Waals surface area contributed by atoms with Crippen LogP contribution in [-0.2, 0) is 10.0 Å². The molecular formula is C30H34Cl2N6O4S. The molecule has 1 saturated carbocycles. The van der Waals surface area contributed by atoms with E-state index in [1.165, 1.54) is 11.1 Å². The van der Waals surface area contributed by atoms with Crippen molar-refractivity contribution in [3.05, 3.63) is 58.2 Å². The number of para-hydroxylation sites is 1. The number of ether oxygens (including phenoxy) is 1. The first-order valence-electron chi connectivity index (χ1n) is 14.7. The third-order valence-electron chi connectivity index (χ3n) is 8.48. The minimum absolute atomic E-state index is 0.0563. The molecule has 2 aromatic carbocycles. The van der Waals surface area contributed by atoms with Crippen molar-refractivity contribution >= 4 is 62.1 Å². The Hall–Kier alpha value is -3.12. The Balaban J connectivity index is 1.26. The molecule has 3 aromatic rings. The SMILES string of the molecule is CCC1CCN(c2ccc(Nc3ncc4c(n3)OCN(c3c(Cl)cccc3Cl)C4=O)cc2S(=O)(=O)NC2CCCC2)CC1. The van der Waals surface area contributed by atoms with Gasteiger partial charge in [0, 0.05) is 31.0 Å². The Kier molecular flexibility index (Phi) is 8.68. The fourth-order valence-electron chi connectivity index (χ4n) is 6.03. The summed E-state index contributed by atoms with van der Waals surface area (Å²) in [6, 6.07) is 10.2. The van der Waals surface area contributed by atoms with E-state index in [2.05, 4.69) is 31.8 Å². The van der Waals surface area contributed by atoms with E-state index < -0.39 is 15.9 Å². The molecule has 2 fully saturated rings. The van der Waals surface area contributed by atoms with Gasteiger partial charge in [0.15, 0.2) is 6.73 Å². The van der Waals surface area contributed by atoms with Gasteiger partial charge >= 0.3 is 0 Å². The van der Waals surface area contributed by atoms with Crippen LogP contribution in [0.3, 0.4) is 0 Å². The summed E-state index contributed by atoms with van der Waals surface area (Å²) in [4.78, 5) is 25.7. The van der Waals surface area contributed by atoms with E-state index in [1.807, 2.05) is 12.1 Å². The molecule has 0 bridgehead atoms. The van der Waals surface area contributed by atoms with Gasteiger partial charge in [0.25, 0.3) is 5.91 Å². The molecule has 0 unspecified atom stereocenters. The average molecular weight is 646 g/mol. The van der Waals surface area contributed by atoms with Gasteiger partial charge in [-0.1, -0.05) is 55.5 Å². The summed E-state index contributed by atoms with van der Waals surface area (Å²) in [7, 11) is -3.79. The second-order valence-corrected chi connectivity index (χ2v) is 13.7. The van der Waals surface area contributed by atoms with Crippen LogP contribution in [0.5, 0.6) is 5.88 Å². The summed E-state index contributed by atoms with van der Waals surface area (Å²) < 4.78 is 36.2. The molecule has 10 nitrogen and oxygen atoms in total. The lowest BCUT2D eigenvalue weighted by Gasteiger charge is -2.34. The molecule has 2 N–H and O–H groups in total. The summed E-state index contributed by atoms with van der Waals surface area (Å²) in [5.74, 6) is 0.538. The van der Waals surface area contributed by atoms with Crippen LogP contribution in [0, 0.1) is 5.92 Å². The molecule has 3 heterocycles. The van der Waals surface area contributed by atoms with Gasteiger partial charge < -0.3 is 15.0 Å². The van der Waals surface area contributed by atoms with Crippen molar-refractivity contribution in [2.75, 3.05) is 34.9 Å². The smallest absolute Gasteiger partial charge is 0.268 e. The highest BCUT2D eigenvalue weighted by molar-refractivity contribution is 7.89. The summed E-state index contributed by atoms with van der Waals surface area (Å²) in [6.07, 6.45) is 8.31. The number of amides is 1. The first kappa shape index (κ1) is 29.9. The Morgan fingerprint density at radius 1 is 1.05 bits per heavy atom. The highest BCUT2D eigenvalue weighted by Crippen LogP contribution is 2.38. The molecule has 2 aliphatic heterocycles. The Bertz CT molecular complexity index is 1600. The molecule has 228 valence electrons. The van der Waals surface area contributed by atoms with Gasteiger partial charge in [0.05, 0.1) is 21.4 Å². The second kappa shape index (κ2) is 12.5. The standard InChI is InChI=1S/C30H34Cl2N6O4S/c1-2-19-12-14-37(15-13-19)25-11-10-21(16-26(25)43(40,41)36-20-6-3-4-7-20)34-30-33-17-22-28(35-30)42-18-38(29(22)39)27-23(31)8-5-9-24(27)32/h5,8-11,16-17,19-20,36H,2-4,6-7,12-15,18H2,1H3,(H,33,34,35). The molecule has 6 rings (SSSR count). The van der Waals surface area contributed by atoms with E-state index in [0.717, 1.165) is 58.0 Å². The van der Waals surface area contributed by atoms with Gasteiger partial charge in [-0.25, -0.2) is 18.1 Å². The fourth-order valence-corrected chi connectivity index (χ4v) is 8.19. The van der Waals surface area contributed by atoms with Crippen LogP contribution in [0.25, 0.3) is 0 Å². The number of aromatic nitrogens is 2. The molecule has 0 radical (unpaired) electrons. The normalized spacial score (nSPS) is 18.1. The van der Waals surface area contributed by atoms with Gasteiger partial charge in [-0.05, 0) is 61.9 Å². The Morgan fingerprint density at radius 2 is 1.77 bits per heavy atom. The van der Waals surface area contributed by atoms with Crippen molar-refractivity contribution in [2.24, 2.45) is 5.92 Å². The first-order valence-corrected chi connectivity index (χ1v) is 16.9. The highest BCUT2D eigenvalue weighted by Gasteiger charge is 2.32. The lowest BCUT2D eigenvalue weighted by Crippen LogP contribution is -2.39. The van der Waals surface area contributed by atoms with E-state index in [0.29, 0.717) is 33.0 Å². The second-order valence-electron chi connectivity index (χ2n) is 11.2. The molecule has 0 spiro atoms. The molecule has 1 saturated heterocycles. The number of hydrogen-bond donors (Lipinski definition) is 2. The van der Waals surface area contributed by atoms with Crippen molar-refractivity contribution in [3.63, 3.8) is 0 Å². The topological polar surface area (TPSA) is 117 Å². The van der Waals surface area contributed by atoms with E-state index >= 15 is 0 Å². The number of anilines is 4. The van der Waals surface area contributed by atoms with Crippen molar-refractivity contribution in [3.8, 4) is 5.88 Å². The number of nitrogens with zero attached hydrogens (tertiary/aromatic N) is 4. The van der Waals surface area contributed by atoms with Crippen LogP contribution in [0.1, 0.15) is 62.2 Å². The van der Waals surface area contributed by atoms with Gasteiger partial charge in [-0.2, -0.15) is 4.98 Å². The number of carbonyl (C=O) groups excluding carboxylic acids is 1. The number of nitrogens with one attached hydrogen (secondary N) is 2. The number of rotatable bonds is 8. The summed E-state index contributed by atoms with van der Waals surface area (Å²) in [5, 5.41) is 3.74. The minimum Gasteiger partial charge on any atom is -0.455 e. The molecular weight excluding hydrogens is 611 g/mol. The van der Waals surface area contributed by atoms with Gasteiger partial charge in [-0.3, -0.25) is 9.69 Å². The van der Waals surface area contributed by atoms with Crippen LogP contribution >= 0.6 is 23.2 Å². The van der Waals surface area contributed by atoms with Gasteiger partial charge in [0.1, 0.15) is 10.5 Å². The Labute approximate surface area is 261 Å². The average Bonchev–Trinajstić information content (AvgIpc) is 3.50. The number of fused-ring (bicyclic) bond motifs is 1. The van der Waals surface area contributed by atoms with Crippen LogP contribution in [0.15, 0.2) is 47.5 Å². The third kappa shape index (κ3) is 6.26. The van der Waals surface area contributed by atoms with Crippen LogP contribution in [-0.4, -0.2) is 50.2 Å². The van der Waals surface area contributed by atoms with Crippen molar-refractivity contribution in [2.45, 2.75) is 62.8 Å². The van der Waals surface area contributed by atoms with E-state index in [-0.39, 0.29) is 35.1 Å². The van der Waals surface area contributed by atoms with Crippen LogP contribution in [0.2, 0.25) is 10.0 Å². The number of benzene rings is 2. The molecule has 3 aliphatic rings. The summed E-state index contributed by atoms with van der Waals surface area (Å²) >= 11 is 12.6. The number of halogens is 2. The predicted octanol–water partition coefficient (Wildman–Crippen LogP) is 6.37. The van der Waals surface area contributed by atoms with Crippen LogP contribution < -0.4 is 24.6 Å². The maximum Gasteiger partial charge on any atom is 0.268 e. The van der Waals surface area contributed by atoms with Crippen molar-refractivity contribution in [1.82, 2.24) is 14.7 Å². The molecule has 0 atom stereocenters. The Morgan fingerprint density at radius 3 is 2.47 bits per heavy atom. The molecule has 1 aliphatic carbocycles. The zero-order valence-electron chi connectivity index (χ0n) is 23.9. The molecule has 43 heavy (non-hydrogen) atoms. The first-order chi connectivity index (χ1) is 20.7. The number of piperidine rings is 1. The van der Waals surface area contributed by atoms with E-state index in [4.69, 9.17) is 27.9 Å². The monoisotopic (exact) mass is 644 g/mol. The highest BCUT2D eigenvalue weighted by atomic mass is 35.5. The lowest BCUT2D eigenvalue weighted by atomic mass is 9.94. The lowest BCUT2D eigenvalue weighted by molar-refractivity contribution is 0.0932. The van der Waals surface area contributed by atoms with Gasteiger partial charge in [0.2, 0.25) is 21.9 Å².